The Morgan fingerprint density at radius 2 is 0.990 bits per heavy atom. The highest BCUT2D eigenvalue weighted by Gasteiger charge is 2.47. The van der Waals surface area contributed by atoms with Crippen LogP contribution in [0.2, 0.25) is 0 Å². The van der Waals surface area contributed by atoms with Crippen LogP contribution in [0.25, 0.3) is 0 Å². The number of thioether (sulfide) groups is 1. The molecule has 0 aliphatic carbocycles. The van der Waals surface area contributed by atoms with Crippen LogP contribution in [0.15, 0.2) is 12.2 Å². The summed E-state index contributed by atoms with van der Waals surface area (Å²) < 4.78 is 5.54. The van der Waals surface area contributed by atoms with Gasteiger partial charge in [0.1, 0.15) is 66.5 Å². The van der Waals surface area contributed by atoms with Crippen LogP contribution in [0.4, 0.5) is 0 Å². The summed E-state index contributed by atoms with van der Waals surface area (Å²) in [6.07, 6.45) is 3.08. The quantitative estimate of drug-likeness (QED) is 0.0710. The second-order valence-corrected chi connectivity index (χ2v) is 30.7. The van der Waals surface area contributed by atoms with Crippen LogP contribution in [0.3, 0.4) is 0 Å². The minimum atomic E-state index is -1.66. The van der Waals surface area contributed by atoms with Gasteiger partial charge in [-0.3, -0.25) is 57.6 Å². The first kappa shape index (κ1) is 87.2. The third kappa shape index (κ3) is 25.7. The van der Waals surface area contributed by atoms with E-state index in [-0.39, 0.29) is 62.0 Å². The molecule has 97 heavy (non-hydrogen) atoms. The standard InChI is InChI=1S/C70H126N12O14S/c1-25-27-29-46(13)58(83)57-62(87)73-49(26-2)64(89)79(22)54(40-97-35-28-30-82-31-33-96-34-32-82)67(92)78(21)53(39-70(16,17)95)61(86)74-55(44(9)10)68(93)75(18)50(36-41(3)4)60(85)71-47(14)59(84)72-48(15)63(88)76(19)51(37-42(5)6)65(90)77(20)52(38-43(7)8)66(91)80(23)56(45(11)12)69(94)81(57)24/h25,27,41-58,83,95H,26,28-40H2,1-24H3,(H,71,85)(H,72,84)(H,73,87)(H,74,86)/b27-25+/t46-,47+,48-,49+,50+,51+,52+,53+,54+,55+,56+,57+,58-/m1/s1. The lowest BCUT2D eigenvalue weighted by molar-refractivity contribution is -0.157. The van der Waals surface area contributed by atoms with Crippen molar-refractivity contribution in [1.29, 1.82) is 0 Å². The van der Waals surface area contributed by atoms with Crippen molar-refractivity contribution in [2.24, 2.45) is 35.5 Å². The minimum absolute atomic E-state index is 0.0197. The van der Waals surface area contributed by atoms with Gasteiger partial charge in [0.15, 0.2) is 0 Å². The fourth-order valence-electron chi connectivity index (χ4n) is 12.4. The number of carbonyl (C=O) groups is 11. The summed E-state index contributed by atoms with van der Waals surface area (Å²) in [5.74, 6) is -9.69. The highest BCUT2D eigenvalue weighted by Crippen LogP contribution is 2.27. The van der Waals surface area contributed by atoms with Crippen molar-refractivity contribution in [3.05, 3.63) is 12.2 Å². The first-order valence-corrected chi connectivity index (χ1v) is 36.1. The van der Waals surface area contributed by atoms with E-state index in [0.717, 1.165) is 35.9 Å². The first-order valence-electron chi connectivity index (χ1n) is 35.0. The molecule has 13 atom stereocenters. The molecular formula is C70H126N12O14S. The Bertz CT molecular complexity index is 2650. The van der Waals surface area contributed by atoms with E-state index in [1.165, 1.54) is 113 Å². The maximum atomic E-state index is 15.5. The molecule has 0 aromatic heterocycles. The summed E-state index contributed by atoms with van der Waals surface area (Å²) in [6, 6.07) is -14.4. The van der Waals surface area contributed by atoms with Crippen LogP contribution in [-0.2, 0) is 57.5 Å². The zero-order chi connectivity index (χ0) is 74.4. The van der Waals surface area contributed by atoms with Crippen molar-refractivity contribution in [3.63, 3.8) is 0 Å². The van der Waals surface area contributed by atoms with E-state index in [1.807, 2.05) is 47.6 Å². The Morgan fingerprint density at radius 3 is 1.48 bits per heavy atom. The molecule has 27 heteroatoms. The molecule has 0 bridgehead atoms. The number of aliphatic hydroxyl groups is 2. The highest BCUT2D eigenvalue weighted by molar-refractivity contribution is 7.99. The molecule has 2 aliphatic heterocycles. The van der Waals surface area contributed by atoms with Crippen molar-refractivity contribution >= 4 is 76.7 Å². The lowest BCUT2D eigenvalue weighted by atomic mass is 9.91. The second kappa shape index (κ2) is 40.4. The van der Waals surface area contributed by atoms with Crippen molar-refractivity contribution in [1.82, 2.24) is 60.5 Å². The van der Waals surface area contributed by atoms with Gasteiger partial charge in [-0.05, 0) is 121 Å². The fourth-order valence-corrected chi connectivity index (χ4v) is 13.5. The van der Waals surface area contributed by atoms with Crippen LogP contribution in [-0.4, -0.2) is 286 Å². The molecule has 2 saturated heterocycles. The molecule has 0 unspecified atom stereocenters. The predicted molar refractivity (Wildman–Crippen MR) is 378 cm³/mol. The third-order valence-corrected chi connectivity index (χ3v) is 19.7. The van der Waals surface area contributed by atoms with Gasteiger partial charge in [-0.25, -0.2) is 0 Å². The van der Waals surface area contributed by atoms with Gasteiger partial charge in [0.2, 0.25) is 65.0 Å². The molecule has 0 saturated carbocycles. The molecular weight excluding hydrogens is 1260 g/mol. The lowest BCUT2D eigenvalue weighted by Crippen LogP contribution is -2.64. The smallest absolute Gasteiger partial charge is 0.246 e. The Morgan fingerprint density at radius 1 is 0.536 bits per heavy atom. The lowest BCUT2D eigenvalue weighted by Gasteiger charge is -2.41. The number of aliphatic hydroxyl groups excluding tert-OH is 1. The van der Waals surface area contributed by atoms with Crippen molar-refractivity contribution in [3.8, 4) is 0 Å². The predicted octanol–water partition coefficient (Wildman–Crippen LogP) is 3.21. The third-order valence-electron chi connectivity index (χ3n) is 18.5. The zero-order valence-electron chi connectivity index (χ0n) is 63.2. The number of morpholine rings is 1. The van der Waals surface area contributed by atoms with E-state index in [2.05, 4.69) is 26.2 Å². The SMILES string of the molecule is C/C=C/C[C@@H](C)[C@@H](O)[C@H]1C(=O)N[C@@H](CC)C(=O)N(C)[C@@H](CSCCCN2CCOCC2)C(=O)N(C)[C@@H](CC(C)(C)O)C(=O)N[C@@H](C(C)C)C(=O)N(C)[C@@H](CC(C)C)C(=O)N[C@@H](C)C(=O)N[C@H](C)C(=O)N(C)[C@@H](CC(C)C)C(=O)N(C)[C@@H](CC(C)C)C(=O)N(C)[C@@H](C(C)C)C(=O)N1C. The number of carbonyl (C=O) groups excluding carboxylic acids is 11. The van der Waals surface area contributed by atoms with Crippen LogP contribution in [0.5, 0.6) is 0 Å². The highest BCUT2D eigenvalue weighted by atomic mass is 32.2. The molecule has 2 rings (SSSR count). The van der Waals surface area contributed by atoms with Gasteiger partial charge >= 0.3 is 0 Å². The largest absolute Gasteiger partial charge is 0.390 e. The molecule has 2 fully saturated rings. The molecule has 6 N–H and O–H groups in total. The number of nitrogens with zero attached hydrogens (tertiary/aromatic N) is 8. The number of allylic oxidation sites excluding steroid dienone is 2. The van der Waals surface area contributed by atoms with E-state index in [1.54, 1.807) is 54.5 Å². The molecule has 556 valence electrons. The normalized spacial score (nSPS) is 27.1. The van der Waals surface area contributed by atoms with E-state index < -0.39 is 161 Å². The fraction of sp³-hybridized carbons (Fsp3) is 0.814. The molecule has 0 spiro atoms. The van der Waals surface area contributed by atoms with Gasteiger partial charge in [0, 0.05) is 74.6 Å². The Hall–Kier alpha value is -5.90. The molecule has 0 radical (unpaired) electrons. The maximum absolute atomic E-state index is 15.5. The van der Waals surface area contributed by atoms with Gasteiger partial charge in [0.25, 0.3) is 0 Å². The zero-order valence-corrected chi connectivity index (χ0v) is 64.0. The average molecular weight is 1390 g/mol. The molecule has 0 aromatic carbocycles. The van der Waals surface area contributed by atoms with E-state index in [0.29, 0.717) is 19.0 Å². The second-order valence-electron chi connectivity index (χ2n) is 29.6. The Balaban J connectivity index is 3.11. The van der Waals surface area contributed by atoms with Crippen molar-refractivity contribution < 1.29 is 67.7 Å². The van der Waals surface area contributed by atoms with E-state index >= 15 is 33.6 Å². The van der Waals surface area contributed by atoms with Gasteiger partial charge in [-0.2, -0.15) is 11.8 Å². The van der Waals surface area contributed by atoms with Gasteiger partial charge < -0.3 is 70.5 Å². The summed E-state index contributed by atoms with van der Waals surface area (Å²) in [7, 11) is 9.90. The molecule has 11 amide bonds. The summed E-state index contributed by atoms with van der Waals surface area (Å²) in [5, 5.41) is 34.9. The van der Waals surface area contributed by atoms with Gasteiger partial charge in [-0.1, -0.05) is 95.2 Å². The van der Waals surface area contributed by atoms with Crippen LogP contribution in [0, 0.1) is 35.5 Å². The first-order chi connectivity index (χ1) is 45.0. The summed E-state index contributed by atoms with van der Waals surface area (Å²) in [5.41, 5.74) is -1.59. The topological polar surface area (TPSA) is 312 Å². The summed E-state index contributed by atoms with van der Waals surface area (Å²) in [4.78, 5) is 175. The summed E-state index contributed by atoms with van der Waals surface area (Å²) in [6.45, 7) is 32.5. The number of likely N-dealkylation sites (N-methyl/N-ethyl adjacent to an activating group) is 7. The maximum Gasteiger partial charge on any atom is 0.246 e. The van der Waals surface area contributed by atoms with Crippen molar-refractivity contribution in [2.45, 2.75) is 241 Å². The van der Waals surface area contributed by atoms with Crippen LogP contribution in [0.1, 0.15) is 163 Å². The number of hydrogen-bond donors (Lipinski definition) is 6. The Labute approximate surface area is 584 Å². The summed E-state index contributed by atoms with van der Waals surface area (Å²) >= 11 is 1.41. The minimum Gasteiger partial charge on any atom is -0.390 e. The van der Waals surface area contributed by atoms with E-state index in [9.17, 15) is 29.4 Å². The Kier molecular flexibility index (Phi) is 36.3. The molecule has 26 nitrogen and oxygen atoms in total. The average Bonchev–Trinajstić information content (AvgIpc) is 0.808. The molecule has 2 aliphatic rings. The molecule has 0 aromatic rings. The van der Waals surface area contributed by atoms with Crippen LogP contribution >= 0.6 is 11.8 Å². The number of hydrogen-bond acceptors (Lipinski definition) is 16. The number of nitrogens with one attached hydrogen (secondary N) is 4. The van der Waals surface area contributed by atoms with Crippen LogP contribution < -0.4 is 21.3 Å². The molecule has 2 heterocycles. The monoisotopic (exact) mass is 1390 g/mol. The number of amides is 11. The van der Waals surface area contributed by atoms with E-state index in [4.69, 9.17) is 4.74 Å². The number of ether oxygens (including phenoxy) is 1. The van der Waals surface area contributed by atoms with Gasteiger partial charge in [-0.15, -0.1) is 0 Å². The van der Waals surface area contributed by atoms with Gasteiger partial charge in [0.05, 0.1) is 24.9 Å². The van der Waals surface area contributed by atoms with Crippen molar-refractivity contribution in [2.75, 3.05) is 93.7 Å². The number of rotatable bonds is 21.